The third-order valence-corrected chi connectivity index (χ3v) is 4.58. The third kappa shape index (κ3) is 7.70. The lowest BCUT2D eigenvalue weighted by Crippen LogP contribution is -2.09. The molecule has 1 aromatic heterocycles. The van der Waals surface area contributed by atoms with Gasteiger partial charge in [-0.1, -0.05) is 6.07 Å². The maximum Gasteiger partial charge on any atom is 0.414 e. The first-order chi connectivity index (χ1) is 16.8. The largest absolute Gasteiger partial charge is 0.493 e. The first-order valence-corrected chi connectivity index (χ1v) is 10.3. The Morgan fingerprint density at radius 1 is 0.829 bits per heavy atom. The number of hydrogen-bond acceptors (Lipinski definition) is 7. The molecule has 0 radical (unpaired) electrons. The van der Waals surface area contributed by atoms with Crippen molar-refractivity contribution in [2.45, 2.75) is 6.42 Å². The van der Waals surface area contributed by atoms with E-state index in [1.807, 2.05) is 30.3 Å². The molecular weight excluding hydrogens is 468 g/mol. The molecule has 3 rings (SSSR count). The maximum atomic E-state index is 12.6. The van der Waals surface area contributed by atoms with Crippen molar-refractivity contribution in [3.05, 3.63) is 53.9 Å². The number of benzene rings is 2. The molecule has 0 aliphatic carbocycles. The molecule has 0 spiro atoms. The zero-order valence-corrected chi connectivity index (χ0v) is 19.1. The van der Waals surface area contributed by atoms with Crippen LogP contribution in [-0.2, 0) is 16.0 Å². The number of hydrogen-bond donors (Lipinski definition) is 2. The van der Waals surface area contributed by atoms with Crippen molar-refractivity contribution >= 4 is 22.7 Å². The van der Waals surface area contributed by atoms with Gasteiger partial charge in [-0.25, -0.2) is 18.4 Å². The average molecular weight is 493 g/mol. The van der Waals surface area contributed by atoms with Gasteiger partial charge in [0.25, 0.3) is 0 Å². The zero-order valence-electron chi connectivity index (χ0n) is 19.1. The highest BCUT2D eigenvalue weighted by Crippen LogP contribution is 2.35. The summed E-state index contributed by atoms with van der Waals surface area (Å²) in [7, 11) is 3.09. The maximum absolute atomic E-state index is 12.6. The number of carboxylic acid groups (broad SMARTS) is 2. The Balaban J connectivity index is 0.000000641. The number of carboxylic acids is 2. The lowest BCUT2D eigenvalue weighted by Gasteiger charge is -2.14. The molecule has 0 amide bonds. The van der Waals surface area contributed by atoms with Gasteiger partial charge in [0.2, 0.25) is 0 Å². The van der Waals surface area contributed by atoms with Gasteiger partial charge in [-0.2, -0.15) is 0 Å². The second kappa shape index (κ2) is 13.5. The van der Waals surface area contributed by atoms with Crippen molar-refractivity contribution in [2.75, 3.05) is 40.8 Å². The molecule has 11 heteroatoms. The van der Waals surface area contributed by atoms with E-state index < -0.39 is 25.3 Å². The lowest BCUT2D eigenvalue weighted by molar-refractivity contribution is -0.159. The predicted octanol–water partition coefficient (Wildman–Crippen LogP) is 3.70. The molecule has 3 aromatic rings. The van der Waals surface area contributed by atoms with Crippen LogP contribution in [0.5, 0.6) is 23.0 Å². The summed E-state index contributed by atoms with van der Waals surface area (Å²) >= 11 is 0. The Morgan fingerprint density at radius 2 is 1.43 bits per heavy atom. The van der Waals surface area contributed by atoms with Gasteiger partial charge in [0.1, 0.15) is 26.6 Å². The highest BCUT2D eigenvalue weighted by Gasteiger charge is 2.13. The van der Waals surface area contributed by atoms with E-state index in [1.54, 1.807) is 26.5 Å². The minimum atomic E-state index is -1.82. The first-order valence-electron chi connectivity index (χ1n) is 10.3. The molecule has 0 bridgehead atoms. The Kier molecular flexibility index (Phi) is 10.5. The summed E-state index contributed by atoms with van der Waals surface area (Å²) in [5.74, 6) is -1.61. The van der Waals surface area contributed by atoms with Crippen molar-refractivity contribution < 1.29 is 47.5 Å². The number of methoxy groups -OCH3 is 2. The highest BCUT2D eigenvalue weighted by molar-refractivity contribution is 6.27. The Bertz CT molecular complexity index is 1140. The number of aliphatic carboxylic acids is 2. The summed E-state index contributed by atoms with van der Waals surface area (Å²) in [6.45, 7) is -1.22. The topological polar surface area (TPSA) is 124 Å². The molecule has 0 unspecified atom stereocenters. The Hall–Kier alpha value is -4.15. The van der Waals surface area contributed by atoms with E-state index in [9.17, 15) is 8.78 Å². The summed E-state index contributed by atoms with van der Waals surface area (Å²) in [5.41, 5.74) is 1.78. The summed E-state index contributed by atoms with van der Waals surface area (Å²) < 4.78 is 46.5. The Labute approximate surface area is 199 Å². The van der Waals surface area contributed by atoms with Crippen LogP contribution in [0.3, 0.4) is 0 Å². The Morgan fingerprint density at radius 3 is 2.00 bits per heavy atom. The fourth-order valence-corrected chi connectivity index (χ4v) is 3.09. The van der Waals surface area contributed by atoms with Crippen LogP contribution >= 0.6 is 0 Å². The molecule has 2 N–H and O–H groups in total. The molecule has 188 valence electrons. The minimum Gasteiger partial charge on any atom is -0.493 e. The van der Waals surface area contributed by atoms with Gasteiger partial charge in [0.05, 0.1) is 19.9 Å². The van der Waals surface area contributed by atoms with Crippen molar-refractivity contribution in [1.82, 2.24) is 4.98 Å². The molecule has 0 saturated carbocycles. The fourth-order valence-electron chi connectivity index (χ4n) is 3.09. The number of carbonyl (C=O) groups is 2. The van der Waals surface area contributed by atoms with Crippen molar-refractivity contribution in [1.29, 1.82) is 0 Å². The SMILES string of the molecule is COc1cc(Cc2nccc3cc(OC)c(OCCF)cc23)ccc1OCCF.O=C(O)C(=O)O. The van der Waals surface area contributed by atoms with E-state index in [2.05, 4.69) is 4.98 Å². The van der Waals surface area contributed by atoms with Gasteiger partial charge in [-0.15, -0.1) is 0 Å². The summed E-state index contributed by atoms with van der Waals surface area (Å²) in [6.07, 6.45) is 2.27. The van der Waals surface area contributed by atoms with Gasteiger partial charge < -0.3 is 29.2 Å². The van der Waals surface area contributed by atoms with Gasteiger partial charge in [-0.3, -0.25) is 4.98 Å². The molecular formula is C24H25F2NO8. The second-order valence-corrected chi connectivity index (χ2v) is 6.83. The van der Waals surface area contributed by atoms with Gasteiger partial charge >= 0.3 is 11.9 Å². The first kappa shape index (κ1) is 27.1. The van der Waals surface area contributed by atoms with Crippen LogP contribution in [-0.4, -0.2) is 67.9 Å². The molecule has 35 heavy (non-hydrogen) atoms. The molecule has 0 saturated heterocycles. The number of pyridine rings is 1. The summed E-state index contributed by atoms with van der Waals surface area (Å²) in [6, 6.07) is 11.0. The van der Waals surface area contributed by atoms with E-state index in [4.69, 9.17) is 38.7 Å². The highest BCUT2D eigenvalue weighted by atomic mass is 19.1. The molecule has 0 aliphatic rings. The number of fused-ring (bicyclic) bond motifs is 1. The zero-order chi connectivity index (χ0) is 25.8. The van der Waals surface area contributed by atoms with E-state index in [1.165, 1.54) is 0 Å². The monoisotopic (exact) mass is 493 g/mol. The van der Waals surface area contributed by atoms with Crippen LogP contribution in [0, 0.1) is 0 Å². The van der Waals surface area contributed by atoms with Crippen molar-refractivity contribution in [3.63, 3.8) is 0 Å². The number of halogens is 2. The molecule has 1 heterocycles. The lowest BCUT2D eigenvalue weighted by atomic mass is 10.0. The number of ether oxygens (including phenoxy) is 4. The van der Waals surface area contributed by atoms with Crippen LogP contribution in [0.25, 0.3) is 10.8 Å². The molecule has 9 nitrogen and oxygen atoms in total. The van der Waals surface area contributed by atoms with Crippen LogP contribution in [0.2, 0.25) is 0 Å². The summed E-state index contributed by atoms with van der Waals surface area (Å²) in [5, 5.41) is 16.6. The number of nitrogens with zero attached hydrogens (tertiary/aromatic N) is 1. The van der Waals surface area contributed by atoms with Crippen LogP contribution in [0.4, 0.5) is 8.78 Å². The predicted molar refractivity (Wildman–Crippen MR) is 122 cm³/mol. The number of alkyl halides is 2. The van der Waals surface area contributed by atoms with Crippen LogP contribution < -0.4 is 18.9 Å². The molecule has 0 atom stereocenters. The fraction of sp³-hybridized carbons (Fsp3) is 0.292. The number of rotatable bonds is 10. The van der Waals surface area contributed by atoms with Gasteiger partial charge in [-0.05, 0) is 41.3 Å². The average Bonchev–Trinajstić information content (AvgIpc) is 2.86. The standard InChI is InChI=1S/C22H23F2NO4.C2H2O4/c1-26-20-12-15(3-4-19(20)28-9-6-23)11-18-17-14-22(29-10-7-24)21(27-2)13-16(17)5-8-25-18;3-1(4)2(5)6/h3-5,8,12-14H,6-7,9-11H2,1-2H3;(H,3,4)(H,5,6). The molecule has 2 aromatic carbocycles. The van der Waals surface area contributed by atoms with Gasteiger partial charge in [0.15, 0.2) is 23.0 Å². The molecule has 0 aliphatic heterocycles. The summed E-state index contributed by atoms with van der Waals surface area (Å²) in [4.78, 5) is 22.7. The third-order valence-electron chi connectivity index (χ3n) is 4.58. The second-order valence-electron chi connectivity index (χ2n) is 6.83. The van der Waals surface area contributed by atoms with E-state index in [0.29, 0.717) is 29.4 Å². The van der Waals surface area contributed by atoms with E-state index in [0.717, 1.165) is 22.0 Å². The molecule has 0 fully saturated rings. The van der Waals surface area contributed by atoms with Crippen LogP contribution in [0.15, 0.2) is 42.6 Å². The van der Waals surface area contributed by atoms with E-state index >= 15 is 0 Å². The van der Waals surface area contributed by atoms with Crippen molar-refractivity contribution in [2.24, 2.45) is 0 Å². The quantitative estimate of drug-likeness (QED) is 0.407. The van der Waals surface area contributed by atoms with Crippen molar-refractivity contribution in [3.8, 4) is 23.0 Å². The van der Waals surface area contributed by atoms with Crippen LogP contribution in [0.1, 0.15) is 11.3 Å². The van der Waals surface area contributed by atoms with Gasteiger partial charge in [0, 0.05) is 18.0 Å². The number of aromatic nitrogens is 1. The van der Waals surface area contributed by atoms with E-state index in [-0.39, 0.29) is 13.2 Å². The normalized spacial score (nSPS) is 10.2. The minimum absolute atomic E-state index is 0.0237. The smallest absolute Gasteiger partial charge is 0.414 e.